The van der Waals surface area contributed by atoms with Crippen LogP contribution in [-0.4, -0.2) is 39.9 Å². The summed E-state index contributed by atoms with van der Waals surface area (Å²) in [6, 6.07) is 17.5. The zero-order chi connectivity index (χ0) is 24.2. The average Bonchev–Trinajstić information content (AvgIpc) is 2.73. The second kappa shape index (κ2) is 10.1. The highest BCUT2D eigenvalue weighted by Gasteiger charge is 2.20. The van der Waals surface area contributed by atoms with Gasteiger partial charge in [0.05, 0.1) is 10.9 Å². The minimum Gasteiger partial charge on any atom is -0.350 e. The molecule has 0 saturated heterocycles. The van der Waals surface area contributed by atoms with Gasteiger partial charge in [-0.3, -0.25) is 9.52 Å². The first-order chi connectivity index (χ1) is 15.6. The summed E-state index contributed by atoms with van der Waals surface area (Å²) in [5.74, 6) is -0.746. The quantitative estimate of drug-likeness (QED) is 0.516. The molecular weight excluding hydrogens is 441 g/mol. The van der Waals surface area contributed by atoms with Crippen molar-refractivity contribution >= 4 is 21.6 Å². The molecule has 33 heavy (non-hydrogen) atoms. The molecule has 174 valence electrons. The van der Waals surface area contributed by atoms with Crippen LogP contribution in [0.3, 0.4) is 0 Å². The van der Waals surface area contributed by atoms with Gasteiger partial charge in [-0.05, 0) is 81.0 Å². The van der Waals surface area contributed by atoms with Crippen molar-refractivity contribution in [1.29, 1.82) is 0 Å². The van der Waals surface area contributed by atoms with Crippen molar-refractivity contribution in [3.05, 3.63) is 94.8 Å². The van der Waals surface area contributed by atoms with Crippen LogP contribution in [0.15, 0.2) is 71.6 Å². The molecule has 0 aliphatic heterocycles. The second-order valence-electron chi connectivity index (χ2n) is 8.20. The topological polar surface area (TPSA) is 78.5 Å². The Morgan fingerprint density at radius 1 is 1.00 bits per heavy atom. The second-order valence-corrected chi connectivity index (χ2v) is 9.88. The Bertz CT molecular complexity index is 1260. The fraction of sp³-hybridized carbons (Fsp3) is 0.240. The number of rotatable bonds is 8. The van der Waals surface area contributed by atoms with Crippen LogP contribution in [0.2, 0.25) is 0 Å². The van der Waals surface area contributed by atoms with E-state index >= 15 is 0 Å². The summed E-state index contributed by atoms with van der Waals surface area (Å²) < 4.78 is 42.0. The van der Waals surface area contributed by atoms with E-state index in [9.17, 15) is 17.6 Å². The van der Waals surface area contributed by atoms with Crippen LogP contribution in [0.4, 0.5) is 10.1 Å². The molecule has 1 amide bonds. The van der Waals surface area contributed by atoms with Gasteiger partial charge in [0, 0.05) is 17.8 Å². The Kier molecular flexibility index (Phi) is 7.50. The van der Waals surface area contributed by atoms with Crippen molar-refractivity contribution in [2.45, 2.75) is 24.8 Å². The number of aryl methyl sites for hydroxylation is 2. The van der Waals surface area contributed by atoms with Gasteiger partial charge < -0.3 is 10.2 Å². The van der Waals surface area contributed by atoms with Gasteiger partial charge in [0.15, 0.2) is 0 Å². The molecule has 0 bridgehead atoms. The van der Waals surface area contributed by atoms with Crippen LogP contribution in [0.1, 0.15) is 33.1 Å². The smallest absolute Gasteiger partial charge is 0.261 e. The molecule has 0 aliphatic carbocycles. The van der Waals surface area contributed by atoms with E-state index in [2.05, 4.69) is 10.0 Å². The summed E-state index contributed by atoms with van der Waals surface area (Å²) in [7, 11) is -0.186. The first kappa shape index (κ1) is 24.4. The van der Waals surface area contributed by atoms with Crippen molar-refractivity contribution in [1.82, 2.24) is 10.2 Å². The number of amides is 1. The van der Waals surface area contributed by atoms with Crippen LogP contribution in [0.5, 0.6) is 0 Å². The Morgan fingerprint density at radius 2 is 1.73 bits per heavy atom. The van der Waals surface area contributed by atoms with E-state index < -0.39 is 15.9 Å². The van der Waals surface area contributed by atoms with Gasteiger partial charge in [0.2, 0.25) is 0 Å². The van der Waals surface area contributed by atoms with Crippen LogP contribution < -0.4 is 10.0 Å². The van der Waals surface area contributed by atoms with Gasteiger partial charge in [0.1, 0.15) is 5.82 Å². The molecule has 6 nitrogen and oxygen atoms in total. The van der Waals surface area contributed by atoms with Gasteiger partial charge in [-0.2, -0.15) is 0 Å². The first-order valence-corrected chi connectivity index (χ1v) is 12.0. The van der Waals surface area contributed by atoms with Crippen molar-refractivity contribution in [2.24, 2.45) is 0 Å². The first-order valence-electron chi connectivity index (χ1n) is 10.5. The van der Waals surface area contributed by atoms with Gasteiger partial charge in [-0.25, -0.2) is 12.8 Å². The summed E-state index contributed by atoms with van der Waals surface area (Å²) >= 11 is 0. The molecule has 8 heteroatoms. The number of benzene rings is 3. The van der Waals surface area contributed by atoms with Crippen LogP contribution in [0.25, 0.3) is 0 Å². The molecule has 3 aromatic carbocycles. The number of halogens is 1. The van der Waals surface area contributed by atoms with Crippen molar-refractivity contribution < 1.29 is 17.6 Å². The Hall–Kier alpha value is -3.23. The number of hydrogen-bond acceptors (Lipinski definition) is 4. The van der Waals surface area contributed by atoms with Crippen LogP contribution in [-0.2, 0) is 10.0 Å². The van der Waals surface area contributed by atoms with Gasteiger partial charge in [-0.15, -0.1) is 0 Å². The molecule has 0 aromatic heterocycles. The molecule has 1 unspecified atom stereocenters. The lowest BCUT2D eigenvalue weighted by molar-refractivity contribution is 0.0941. The van der Waals surface area contributed by atoms with Crippen LogP contribution >= 0.6 is 0 Å². The van der Waals surface area contributed by atoms with E-state index in [0.29, 0.717) is 11.3 Å². The number of likely N-dealkylation sites (N-methyl/N-ethyl adjacent to an activating group) is 1. The summed E-state index contributed by atoms with van der Waals surface area (Å²) in [5.41, 5.74) is 3.02. The Morgan fingerprint density at radius 3 is 2.39 bits per heavy atom. The molecule has 0 saturated carbocycles. The van der Waals surface area contributed by atoms with E-state index in [1.165, 1.54) is 24.3 Å². The van der Waals surface area contributed by atoms with Crippen LogP contribution in [0, 0.1) is 19.7 Å². The van der Waals surface area contributed by atoms with Crippen molar-refractivity contribution in [3.8, 4) is 0 Å². The van der Waals surface area contributed by atoms with Gasteiger partial charge in [0.25, 0.3) is 15.9 Å². The zero-order valence-electron chi connectivity index (χ0n) is 19.1. The standard InChI is InChI=1S/C25H28FN3O3S/c1-17-7-5-10-21(13-17)28-33(31,32)22-12-11-18(2)23(15-22)25(30)27-16-24(29(3)4)19-8-6-9-20(26)14-19/h5-15,24,28H,16H2,1-4H3,(H,27,30). The predicted octanol–water partition coefficient (Wildman–Crippen LogP) is 4.28. The number of sulfonamides is 1. The van der Waals surface area contributed by atoms with E-state index in [4.69, 9.17) is 0 Å². The molecule has 1 atom stereocenters. The normalized spacial score (nSPS) is 12.4. The van der Waals surface area contributed by atoms with Gasteiger partial charge >= 0.3 is 0 Å². The molecular formula is C25H28FN3O3S. The minimum atomic E-state index is -3.88. The Balaban J connectivity index is 1.80. The largest absolute Gasteiger partial charge is 0.350 e. The third kappa shape index (κ3) is 6.18. The number of hydrogen-bond donors (Lipinski definition) is 2. The maximum Gasteiger partial charge on any atom is 0.261 e. The molecule has 3 rings (SSSR count). The lowest BCUT2D eigenvalue weighted by Gasteiger charge is -2.25. The van der Waals surface area contributed by atoms with E-state index in [1.54, 1.807) is 43.3 Å². The number of carbonyl (C=O) groups excluding carboxylic acids is 1. The molecule has 0 radical (unpaired) electrons. The molecule has 0 heterocycles. The maximum atomic E-state index is 13.7. The molecule has 2 N–H and O–H groups in total. The fourth-order valence-electron chi connectivity index (χ4n) is 3.53. The van der Waals surface area contributed by atoms with Crippen molar-refractivity contribution in [3.63, 3.8) is 0 Å². The van der Waals surface area contributed by atoms with E-state index in [1.807, 2.05) is 32.0 Å². The lowest BCUT2D eigenvalue weighted by Crippen LogP contribution is -2.35. The highest BCUT2D eigenvalue weighted by atomic mass is 32.2. The Labute approximate surface area is 194 Å². The number of anilines is 1. The van der Waals surface area contributed by atoms with E-state index in [-0.39, 0.29) is 28.9 Å². The molecule has 0 fully saturated rings. The maximum absolute atomic E-state index is 13.7. The molecule has 3 aromatic rings. The fourth-order valence-corrected chi connectivity index (χ4v) is 4.61. The summed E-state index contributed by atoms with van der Waals surface area (Å²) in [6.07, 6.45) is 0. The summed E-state index contributed by atoms with van der Waals surface area (Å²) in [5, 5.41) is 2.86. The van der Waals surface area contributed by atoms with Gasteiger partial charge in [-0.1, -0.05) is 30.3 Å². The number of carbonyl (C=O) groups is 1. The predicted molar refractivity (Wildman–Crippen MR) is 128 cm³/mol. The van der Waals surface area contributed by atoms with Crippen molar-refractivity contribution in [2.75, 3.05) is 25.4 Å². The summed E-state index contributed by atoms with van der Waals surface area (Å²) in [4.78, 5) is 14.8. The number of nitrogens with one attached hydrogen (secondary N) is 2. The highest BCUT2D eigenvalue weighted by Crippen LogP contribution is 2.21. The third-order valence-corrected chi connectivity index (χ3v) is 6.73. The molecule has 0 spiro atoms. The minimum absolute atomic E-state index is 0.00551. The van der Waals surface area contributed by atoms with E-state index in [0.717, 1.165) is 11.1 Å². The average molecular weight is 470 g/mol. The SMILES string of the molecule is Cc1cccc(NS(=O)(=O)c2ccc(C)c(C(=O)NCC(c3cccc(F)c3)N(C)C)c2)c1. The highest BCUT2D eigenvalue weighted by molar-refractivity contribution is 7.92. The zero-order valence-corrected chi connectivity index (χ0v) is 19.9. The molecule has 0 aliphatic rings. The number of nitrogens with zero attached hydrogens (tertiary/aromatic N) is 1. The third-order valence-electron chi connectivity index (χ3n) is 5.35. The summed E-state index contributed by atoms with van der Waals surface area (Å²) in [6.45, 7) is 3.85. The lowest BCUT2D eigenvalue weighted by atomic mass is 10.0. The monoisotopic (exact) mass is 469 g/mol.